The van der Waals surface area contributed by atoms with Gasteiger partial charge in [-0.3, -0.25) is 0 Å². The Morgan fingerprint density at radius 1 is 1.16 bits per heavy atom. The molecule has 0 spiro atoms. The Morgan fingerprint density at radius 3 is 2.37 bits per heavy atom. The third-order valence-corrected chi connectivity index (χ3v) is 5.15. The molecule has 0 bridgehead atoms. The first kappa shape index (κ1) is 14.8. The van der Waals surface area contributed by atoms with Crippen molar-refractivity contribution in [3.63, 3.8) is 0 Å². The predicted octanol–water partition coefficient (Wildman–Crippen LogP) is 2.73. The molecule has 0 aromatic heterocycles. The Morgan fingerprint density at radius 2 is 1.79 bits per heavy atom. The van der Waals surface area contributed by atoms with Crippen molar-refractivity contribution in [1.82, 2.24) is 9.80 Å². The maximum Gasteiger partial charge on any atom is 0.0687 e. The van der Waals surface area contributed by atoms with Crippen molar-refractivity contribution >= 4 is 0 Å². The monoisotopic (exact) mass is 263 g/mol. The standard InChI is InChI=1S/C16H29N3/c1-16(14-17)7-12-19(13-8-16)9-3-4-15-5-10-18(2)11-6-15/h15H,3-13H2,1-2H3. The third-order valence-electron chi connectivity index (χ3n) is 5.15. The minimum Gasteiger partial charge on any atom is -0.306 e. The highest BCUT2D eigenvalue weighted by atomic mass is 15.1. The van der Waals surface area contributed by atoms with Crippen molar-refractivity contribution in [3.8, 4) is 6.07 Å². The fourth-order valence-electron chi connectivity index (χ4n) is 3.34. The number of nitriles is 1. The molecule has 0 N–H and O–H groups in total. The van der Waals surface area contributed by atoms with Crippen molar-refractivity contribution in [1.29, 1.82) is 5.26 Å². The van der Waals surface area contributed by atoms with Gasteiger partial charge in [0.25, 0.3) is 0 Å². The zero-order valence-electron chi connectivity index (χ0n) is 12.7. The van der Waals surface area contributed by atoms with Gasteiger partial charge in [0.2, 0.25) is 0 Å². The molecule has 2 aliphatic heterocycles. The van der Waals surface area contributed by atoms with E-state index in [1.54, 1.807) is 0 Å². The fraction of sp³-hybridized carbons (Fsp3) is 0.938. The van der Waals surface area contributed by atoms with Crippen LogP contribution in [0.2, 0.25) is 0 Å². The molecule has 108 valence electrons. The maximum atomic E-state index is 9.13. The average Bonchev–Trinajstić information content (AvgIpc) is 2.43. The van der Waals surface area contributed by atoms with Crippen molar-refractivity contribution in [2.75, 3.05) is 39.8 Å². The molecule has 0 atom stereocenters. The number of nitrogens with zero attached hydrogens (tertiary/aromatic N) is 3. The van der Waals surface area contributed by atoms with Gasteiger partial charge in [0.1, 0.15) is 0 Å². The van der Waals surface area contributed by atoms with Gasteiger partial charge in [-0.25, -0.2) is 0 Å². The molecule has 0 aromatic rings. The molecule has 2 heterocycles. The second-order valence-corrected chi connectivity index (χ2v) is 6.90. The van der Waals surface area contributed by atoms with Crippen LogP contribution in [0, 0.1) is 22.7 Å². The van der Waals surface area contributed by atoms with Gasteiger partial charge >= 0.3 is 0 Å². The van der Waals surface area contributed by atoms with E-state index in [4.69, 9.17) is 5.26 Å². The first-order valence-corrected chi connectivity index (χ1v) is 7.93. The van der Waals surface area contributed by atoms with Crippen LogP contribution in [-0.4, -0.2) is 49.6 Å². The van der Waals surface area contributed by atoms with E-state index >= 15 is 0 Å². The third kappa shape index (κ3) is 4.47. The van der Waals surface area contributed by atoms with Gasteiger partial charge in [0.05, 0.1) is 11.5 Å². The lowest BCUT2D eigenvalue weighted by Gasteiger charge is -2.35. The summed E-state index contributed by atoms with van der Waals surface area (Å²) in [5, 5.41) is 9.13. The summed E-state index contributed by atoms with van der Waals surface area (Å²) in [6.07, 6.45) is 7.64. The van der Waals surface area contributed by atoms with Gasteiger partial charge in [0.15, 0.2) is 0 Å². The van der Waals surface area contributed by atoms with Gasteiger partial charge in [0, 0.05) is 0 Å². The molecule has 0 radical (unpaired) electrons. The molecule has 0 aliphatic carbocycles. The Bertz CT molecular complexity index is 304. The number of piperidine rings is 2. The van der Waals surface area contributed by atoms with Crippen LogP contribution in [0.25, 0.3) is 0 Å². The highest BCUT2D eigenvalue weighted by Crippen LogP contribution is 2.30. The zero-order valence-corrected chi connectivity index (χ0v) is 12.7. The van der Waals surface area contributed by atoms with Crippen molar-refractivity contribution in [3.05, 3.63) is 0 Å². The second-order valence-electron chi connectivity index (χ2n) is 6.90. The quantitative estimate of drug-likeness (QED) is 0.781. The second kappa shape index (κ2) is 6.72. The van der Waals surface area contributed by atoms with E-state index < -0.39 is 0 Å². The molecule has 0 unspecified atom stereocenters. The molecule has 3 nitrogen and oxygen atoms in total. The van der Waals surface area contributed by atoms with E-state index in [1.807, 2.05) is 0 Å². The summed E-state index contributed by atoms with van der Waals surface area (Å²) in [4.78, 5) is 5.01. The summed E-state index contributed by atoms with van der Waals surface area (Å²) in [6.45, 7) is 8.18. The lowest BCUT2D eigenvalue weighted by atomic mass is 9.82. The largest absolute Gasteiger partial charge is 0.306 e. The minimum atomic E-state index is -0.0511. The Balaban J connectivity index is 1.59. The topological polar surface area (TPSA) is 30.3 Å². The molecule has 0 aromatic carbocycles. The maximum absolute atomic E-state index is 9.13. The smallest absolute Gasteiger partial charge is 0.0687 e. The van der Waals surface area contributed by atoms with Crippen LogP contribution >= 0.6 is 0 Å². The van der Waals surface area contributed by atoms with Crippen LogP contribution in [0.4, 0.5) is 0 Å². The summed E-state index contributed by atoms with van der Waals surface area (Å²) < 4.78 is 0. The molecule has 2 rings (SSSR count). The van der Waals surface area contributed by atoms with Gasteiger partial charge < -0.3 is 9.80 Å². The van der Waals surface area contributed by atoms with Gasteiger partial charge in [-0.15, -0.1) is 0 Å². The SMILES string of the molecule is CN1CCC(CCCN2CCC(C)(C#N)CC2)CC1. The highest BCUT2D eigenvalue weighted by molar-refractivity contribution is 4.98. The molecule has 0 saturated carbocycles. The summed E-state index contributed by atoms with van der Waals surface area (Å²) in [5.74, 6) is 0.963. The van der Waals surface area contributed by atoms with E-state index in [1.165, 1.54) is 45.3 Å². The van der Waals surface area contributed by atoms with Gasteiger partial charge in [-0.2, -0.15) is 5.26 Å². The number of rotatable bonds is 4. The van der Waals surface area contributed by atoms with Crippen LogP contribution in [0.15, 0.2) is 0 Å². The molecular formula is C16H29N3. The van der Waals surface area contributed by atoms with Crippen molar-refractivity contribution in [2.45, 2.75) is 45.4 Å². The van der Waals surface area contributed by atoms with Crippen molar-refractivity contribution < 1.29 is 0 Å². The van der Waals surface area contributed by atoms with Crippen LogP contribution < -0.4 is 0 Å². The molecule has 19 heavy (non-hydrogen) atoms. The summed E-state index contributed by atoms with van der Waals surface area (Å²) in [6, 6.07) is 2.48. The average molecular weight is 263 g/mol. The van der Waals surface area contributed by atoms with Crippen LogP contribution in [0.5, 0.6) is 0 Å². The molecule has 3 heteroatoms. The first-order chi connectivity index (χ1) is 9.11. The summed E-state index contributed by atoms with van der Waals surface area (Å²) >= 11 is 0. The minimum absolute atomic E-state index is 0.0511. The van der Waals surface area contributed by atoms with Crippen LogP contribution in [0.1, 0.15) is 45.4 Å². The highest BCUT2D eigenvalue weighted by Gasteiger charge is 2.29. The number of hydrogen-bond donors (Lipinski definition) is 0. The summed E-state index contributed by atoms with van der Waals surface area (Å²) in [5.41, 5.74) is -0.0511. The molecule has 0 amide bonds. The molecular weight excluding hydrogens is 234 g/mol. The number of hydrogen-bond acceptors (Lipinski definition) is 3. The lowest BCUT2D eigenvalue weighted by Crippen LogP contribution is -2.38. The van der Waals surface area contributed by atoms with E-state index in [2.05, 4.69) is 29.8 Å². The van der Waals surface area contributed by atoms with E-state index in [0.717, 1.165) is 31.8 Å². The van der Waals surface area contributed by atoms with Crippen LogP contribution in [-0.2, 0) is 0 Å². The fourth-order valence-corrected chi connectivity index (χ4v) is 3.34. The summed E-state index contributed by atoms with van der Waals surface area (Å²) in [7, 11) is 2.23. The zero-order chi connectivity index (χ0) is 13.7. The van der Waals surface area contributed by atoms with E-state index in [9.17, 15) is 0 Å². The van der Waals surface area contributed by atoms with Crippen LogP contribution in [0.3, 0.4) is 0 Å². The Kier molecular flexibility index (Phi) is 5.24. The molecule has 2 aliphatic rings. The van der Waals surface area contributed by atoms with Gasteiger partial charge in [-0.1, -0.05) is 0 Å². The normalized spacial score (nSPS) is 26.2. The van der Waals surface area contributed by atoms with Gasteiger partial charge in [-0.05, 0) is 91.1 Å². The Hall–Kier alpha value is -0.590. The lowest BCUT2D eigenvalue weighted by molar-refractivity contribution is 0.147. The predicted molar refractivity (Wildman–Crippen MR) is 78.8 cm³/mol. The molecule has 2 saturated heterocycles. The number of likely N-dealkylation sites (tertiary alicyclic amines) is 2. The molecule has 2 fully saturated rings. The van der Waals surface area contributed by atoms with E-state index in [0.29, 0.717) is 0 Å². The Labute approximate surface area is 118 Å². The van der Waals surface area contributed by atoms with E-state index in [-0.39, 0.29) is 5.41 Å². The van der Waals surface area contributed by atoms with Crippen molar-refractivity contribution in [2.24, 2.45) is 11.3 Å². The first-order valence-electron chi connectivity index (χ1n) is 7.93.